The molecule has 14 heavy (non-hydrogen) atoms. The van der Waals surface area contributed by atoms with Crippen LogP contribution in [0.25, 0.3) is 0 Å². The number of hydrogen-bond acceptors (Lipinski definition) is 4. The van der Waals surface area contributed by atoms with Crippen LogP contribution >= 0.6 is 0 Å². The van der Waals surface area contributed by atoms with E-state index >= 15 is 0 Å². The molecular weight excluding hydrogens is 182 g/mol. The van der Waals surface area contributed by atoms with Crippen molar-refractivity contribution < 1.29 is 4.74 Å². The van der Waals surface area contributed by atoms with Gasteiger partial charge in [-0.15, -0.1) is 0 Å². The Morgan fingerprint density at radius 1 is 1.71 bits per heavy atom. The van der Waals surface area contributed by atoms with E-state index in [1.165, 1.54) is 0 Å². The van der Waals surface area contributed by atoms with Crippen molar-refractivity contribution in [2.24, 2.45) is 10.8 Å². The zero-order valence-electron chi connectivity index (χ0n) is 8.79. The Labute approximate surface area is 84.5 Å². The van der Waals surface area contributed by atoms with Crippen molar-refractivity contribution in [3.8, 4) is 0 Å². The molecule has 0 saturated carbocycles. The molecule has 0 aliphatic carbocycles. The van der Waals surface area contributed by atoms with E-state index in [1.54, 1.807) is 7.05 Å². The van der Waals surface area contributed by atoms with Crippen LogP contribution in [0.1, 0.15) is 0 Å². The van der Waals surface area contributed by atoms with Gasteiger partial charge in [-0.1, -0.05) is 0 Å². The normalized spacial score (nSPS) is 24.8. The maximum absolute atomic E-state index is 5.56. The fourth-order valence-corrected chi connectivity index (χ4v) is 1.40. The number of aliphatic imine (C=N–C) groups is 1. The van der Waals surface area contributed by atoms with Gasteiger partial charge in [-0.05, 0) is 7.05 Å². The van der Waals surface area contributed by atoms with Crippen LogP contribution in [0, 0.1) is 0 Å². The van der Waals surface area contributed by atoms with Crippen LogP contribution in [0.15, 0.2) is 4.99 Å². The number of hydrazine groups is 1. The Morgan fingerprint density at radius 2 is 2.50 bits per heavy atom. The predicted octanol–water partition coefficient (Wildman–Crippen LogP) is -1.64. The summed E-state index contributed by atoms with van der Waals surface area (Å²) in [4.78, 5) is 6.15. The molecule has 1 atom stereocenters. The monoisotopic (exact) mass is 201 g/mol. The summed E-state index contributed by atoms with van der Waals surface area (Å²) < 4.78 is 5.56. The van der Waals surface area contributed by atoms with Crippen molar-refractivity contribution in [1.29, 1.82) is 0 Å². The molecule has 1 rings (SSSR count). The van der Waals surface area contributed by atoms with E-state index in [0.717, 1.165) is 26.2 Å². The van der Waals surface area contributed by atoms with Gasteiger partial charge in [0.2, 0.25) is 5.96 Å². The van der Waals surface area contributed by atoms with Crippen molar-refractivity contribution in [3.63, 3.8) is 0 Å². The van der Waals surface area contributed by atoms with Gasteiger partial charge in [0.1, 0.15) is 0 Å². The SMILES string of the molecule is CN=C(NN)NCC1CN(C)CCO1. The van der Waals surface area contributed by atoms with Gasteiger partial charge in [0, 0.05) is 26.7 Å². The largest absolute Gasteiger partial charge is 0.374 e. The first-order valence-corrected chi connectivity index (χ1v) is 4.73. The lowest BCUT2D eigenvalue weighted by atomic mass is 10.3. The highest BCUT2D eigenvalue weighted by molar-refractivity contribution is 5.78. The van der Waals surface area contributed by atoms with Crippen LogP contribution in [0.2, 0.25) is 0 Å². The summed E-state index contributed by atoms with van der Waals surface area (Å²) in [5, 5.41) is 3.07. The van der Waals surface area contributed by atoms with Gasteiger partial charge < -0.3 is 15.0 Å². The quantitative estimate of drug-likeness (QED) is 0.216. The average Bonchev–Trinajstić information content (AvgIpc) is 2.19. The van der Waals surface area contributed by atoms with Crippen molar-refractivity contribution in [2.45, 2.75) is 6.10 Å². The van der Waals surface area contributed by atoms with Crippen molar-refractivity contribution >= 4 is 5.96 Å². The van der Waals surface area contributed by atoms with Crippen LogP contribution in [0.4, 0.5) is 0 Å². The molecule has 0 aromatic heterocycles. The van der Waals surface area contributed by atoms with E-state index in [9.17, 15) is 0 Å². The molecule has 0 aromatic rings. The Hall–Kier alpha value is -0.850. The summed E-state index contributed by atoms with van der Waals surface area (Å²) in [6, 6.07) is 0. The second-order valence-corrected chi connectivity index (χ2v) is 3.35. The van der Waals surface area contributed by atoms with Crippen molar-refractivity contribution in [1.82, 2.24) is 15.6 Å². The summed E-state index contributed by atoms with van der Waals surface area (Å²) in [5.74, 6) is 5.82. The third-order valence-electron chi connectivity index (χ3n) is 2.20. The van der Waals surface area contributed by atoms with E-state index < -0.39 is 0 Å². The molecule has 1 fully saturated rings. The van der Waals surface area contributed by atoms with E-state index in [1.807, 2.05) is 0 Å². The molecule has 0 aromatic carbocycles. The lowest BCUT2D eigenvalue weighted by Gasteiger charge is -2.30. The van der Waals surface area contributed by atoms with Gasteiger partial charge in [0.15, 0.2) is 0 Å². The molecule has 1 aliphatic heterocycles. The molecular formula is C8H19N5O. The zero-order chi connectivity index (χ0) is 10.4. The Morgan fingerprint density at radius 3 is 3.07 bits per heavy atom. The highest BCUT2D eigenvalue weighted by atomic mass is 16.5. The van der Waals surface area contributed by atoms with Crippen LogP contribution in [0.5, 0.6) is 0 Å². The Balaban J connectivity index is 2.23. The third kappa shape index (κ3) is 3.49. The highest BCUT2D eigenvalue weighted by Gasteiger charge is 2.17. The zero-order valence-corrected chi connectivity index (χ0v) is 8.79. The maximum Gasteiger partial charge on any atom is 0.205 e. The van der Waals surface area contributed by atoms with Crippen LogP contribution in [0.3, 0.4) is 0 Å². The number of nitrogens with two attached hydrogens (primary N) is 1. The molecule has 6 heteroatoms. The first kappa shape index (κ1) is 11.2. The number of likely N-dealkylation sites (N-methyl/N-ethyl adjacent to an activating group) is 1. The molecule has 1 saturated heterocycles. The van der Waals surface area contributed by atoms with Crippen LogP contribution in [-0.2, 0) is 4.74 Å². The molecule has 0 amide bonds. The number of rotatable bonds is 2. The smallest absolute Gasteiger partial charge is 0.205 e. The summed E-state index contributed by atoms with van der Waals surface area (Å²) in [6.45, 7) is 3.45. The van der Waals surface area contributed by atoms with E-state index in [2.05, 4.69) is 27.7 Å². The minimum Gasteiger partial charge on any atom is -0.374 e. The Kier molecular flexibility index (Phi) is 4.64. The van der Waals surface area contributed by atoms with Crippen LogP contribution in [-0.4, -0.2) is 57.3 Å². The second kappa shape index (κ2) is 5.79. The molecule has 4 N–H and O–H groups in total. The molecule has 1 heterocycles. The third-order valence-corrected chi connectivity index (χ3v) is 2.20. The minimum atomic E-state index is 0.207. The Bertz CT molecular complexity index is 196. The van der Waals surface area contributed by atoms with Gasteiger partial charge in [0.05, 0.1) is 12.7 Å². The van der Waals surface area contributed by atoms with Gasteiger partial charge in [-0.25, -0.2) is 5.84 Å². The lowest BCUT2D eigenvalue weighted by molar-refractivity contribution is -0.0161. The summed E-state index contributed by atoms with van der Waals surface area (Å²) in [6.07, 6.45) is 0.207. The molecule has 1 aliphatic rings. The number of nitrogens with one attached hydrogen (secondary N) is 2. The van der Waals surface area contributed by atoms with E-state index in [-0.39, 0.29) is 6.10 Å². The molecule has 0 spiro atoms. The lowest BCUT2D eigenvalue weighted by Crippen LogP contribution is -2.49. The standard InChI is InChI=1S/C8H19N5O/c1-10-8(12-9)11-5-7-6-13(2)3-4-14-7/h7H,3-6,9H2,1-2H3,(H2,10,11,12). The summed E-state index contributed by atoms with van der Waals surface area (Å²) in [7, 11) is 3.77. The number of guanidine groups is 1. The average molecular weight is 201 g/mol. The van der Waals surface area contributed by atoms with Gasteiger partial charge in [-0.2, -0.15) is 0 Å². The van der Waals surface area contributed by atoms with E-state index in [4.69, 9.17) is 10.6 Å². The van der Waals surface area contributed by atoms with Gasteiger partial charge in [0.25, 0.3) is 0 Å². The number of morpholine rings is 1. The number of hydrogen-bond donors (Lipinski definition) is 3. The topological polar surface area (TPSA) is 74.9 Å². The second-order valence-electron chi connectivity index (χ2n) is 3.35. The number of nitrogens with zero attached hydrogens (tertiary/aromatic N) is 2. The van der Waals surface area contributed by atoms with E-state index in [0.29, 0.717) is 5.96 Å². The van der Waals surface area contributed by atoms with Crippen molar-refractivity contribution in [3.05, 3.63) is 0 Å². The minimum absolute atomic E-state index is 0.207. The molecule has 0 radical (unpaired) electrons. The first-order chi connectivity index (χ1) is 6.76. The maximum atomic E-state index is 5.56. The molecule has 6 nitrogen and oxygen atoms in total. The number of ether oxygens (including phenoxy) is 1. The summed E-state index contributed by atoms with van der Waals surface area (Å²) in [5.41, 5.74) is 2.47. The predicted molar refractivity (Wildman–Crippen MR) is 55.9 cm³/mol. The molecule has 0 bridgehead atoms. The first-order valence-electron chi connectivity index (χ1n) is 4.73. The van der Waals surface area contributed by atoms with Crippen LogP contribution < -0.4 is 16.6 Å². The van der Waals surface area contributed by atoms with Crippen molar-refractivity contribution in [2.75, 3.05) is 40.3 Å². The van der Waals surface area contributed by atoms with Gasteiger partial charge in [-0.3, -0.25) is 10.4 Å². The fourth-order valence-electron chi connectivity index (χ4n) is 1.40. The van der Waals surface area contributed by atoms with Gasteiger partial charge >= 0.3 is 0 Å². The molecule has 1 unspecified atom stereocenters. The highest BCUT2D eigenvalue weighted by Crippen LogP contribution is 2.01. The fraction of sp³-hybridized carbons (Fsp3) is 0.875. The summed E-state index contributed by atoms with van der Waals surface area (Å²) >= 11 is 0. The molecule has 82 valence electrons.